The van der Waals surface area contributed by atoms with Crippen LogP contribution in [0.2, 0.25) is 0 Å². The SMILES string of the molecule is C/C(=N\CCCn1ccnc1)c1ccc(OC(=O)c2ccccc2)cc1OC(=O)c1ccccc1. The van der Waals surface area contributed by atoms with Gasteiger partial charge in [0.25, 0.3) is 0 Å². The molecular formula is C28H25N3O4. The third kappa shape index (κ3) is 6.51. The fraction of sp³-hybridized carbons (Fsp3) is 0.143. The molecule has 35 heavy (non-hydrogen) atoms. The zero-order valence-electron chi connectivity index (χ0n) is 19.3. The molecule has 0 fully saturated rings. The van der Waals surface area contributed by atoms with E-state index in [4.69, 9.17) is 9.47 Å². The van der Waals surface area contributed by atoms with E-state index in [2.05, 4.69) is 9.98 Å². The van der Waals surface area contributed by atoms with Gasteiger partial charge in [0, 0.05) is 42.8 Å². The van der Waals surface area contributed by atoms with E-state index in [1.54, 1.807) is 79.3 Å². The van der Waals surface area contributed by atoms with Crippen molar-refractivity contribution in [3.05, 3.63) is 114 Å². The first kappa shape index (κ1) is 23.6. The van der Waals surface area contributed by atoms with E-state index in [1.807, 2.05) is 29.8 Å². The number of benzene rings is 3. The number of aliphatic imine (C=N–C) groups is 1. The van der Waals surface area contributed by atoms with Crippen LogP contribution in [0.5, 0.6) is 11.5 Å². The number of nitrogens with zero attached hydrogens (tertiary/aromatic N) is 3. The number of ether oxygens (including phenoxy) is 2. The van der Waals surface area contributed by atoms with Gasteiger partial charge in [0.05, 0.1) is 17.5 Å². The molecule has 0 aliphatic carbocycles. The maximum Gasteiger partial charge on any atom is 0.343 e. The lowest BCUT2D eigenvalue weighted by molar-refractivity contribution is 0.0732. The molecular weight excluding hydrogens is 442 g/mol. The van der Waals surface area contributed by atoms with Crippen molar-refractivity contribution in [2.75, 3.05) is 6.54 Å². The second-order valence-electron chi connectivity index (χ2n) is 7.79. The molecule has 7 nitrogen and oxygen atoms in total. The van der Waals surface area contributed by atoms with Crippen molar-refractivity contribution in [1.29, 1.82) is 0 Å². The summed E-state index contributed by atoms with van der Waals surface area (Å²) in [5.41, 5.74) is 2.21. The van der Waals surface area contributed by atoms with E-state index in [9.17, 15) is 9.59 Å². The lowest BCUT2D eigenvalue weighted by Crippen LogP contribution is -2.13. The molecule has 1 aromatic heterocycles. The van der Waals surface area contributed by atoms with E-state index in [0.717, 1.165) is 13.0 Å². The van der Waals surface area contributed by atoms with Crippen LogP contribution in [0.3, 0.4) is 0 Å². The van der Waals surface area contributed by atoms with Gasteiger partial charge in [0.2, 0.25) is 0 Å². The molecule has 1 heterocycles. The average Bonchev–Trinajstić information content (AvgIpc) is 3.41. The fourth-order valence-electron chi connectivity index (χ4n) is 3.43. The molecule has 0 bridgehead atoms. The van der Waals surface area contributed by atoms with Gasteiger partial charge >= 0.3 is 11.9 Å². The van der Waals surface area contributed by atoms with Crippen molar-refractivity contribution in [3.8, 4) is 11.5 Å². The predicted octanol–water partition coefficient (Wildman–Crippen LogP) is 5.22. The van der Waals surface area contributed by atoms with Crippen LogP contribution in [0.4, 0.5) is 0 Å². The summed E-state index contributed by atoms with van der Waals surface area (Å²) in [4.78, 5) is 34.0. The number of carbonyl (C=O) groups excluding carboxylic acids is 2. The monoisotopic (exact) mass is 467 g/mol. The molecule has 7 heteroatoms. The zero-order chi connectivity index (χ0) is 24.5. The van der Waals surface area contributed by atoms with Crippen LogP contribution >= 0.6 is 0 Å². The molecule has 0 N–H and O–H groups in total. The number of carbonyl (C=O) groups is 2. The Morgan fingerprint density at radius 1 is 0.886 bits per heavy atom. The molecule has 0 radical (unpaired) electrons. The molecule has 0 spiro atoms. The maximum absolute atomic E-state index is 12.8. The first-order chi connectivity index (χ1) is 17.1. The lowest BCUT2D eigenvalue weighted by atomic mass is 10.1. The maximum atomic E-state index is 12.8. The van der Waals surface area contributed by atoms with E-state index in [1.165, 1.54) is 0 Å². The van der Waals surface area contributed by atoms with Crippen molar-refractivity contribution >= 4 is 17.7 Å². The van der Waals surface area contributed by atoms with Crippen LogP contribution in [0.25, 0.3) is 0 Å². The Hall–Kier alpha value is -4.52. The lowest BCUT2D eigenvalue weighted by Gasteiger charge is -2.13. The van der Waals surface area contributed by atoms with Crippen LogP contribution in [-0.2, 0) is 6.54 Å². The highest BCUT2D eigenvalue weighted by Gasteiger charge is 2.16. The number of aromatic nitrogens is 2. The summed E-state index contributed by atoms with van der Waals surface area (Å²) >= 11 is 0. The molecule has 176 valence electrons. The quantitative estimate of drug-likeness (QED) is 0.146. The normalized spacial score (nSPS) is 11.2. The average molecular weight is 468 g/mol. The Morgan fingerprint density at radius 2 is 1.54 bits per heavy atom. The third-order valence-corrected chi connectivity index (χ3v) is 5.26. The largest absolute Gasteiger partial charge is 0.423 e. The molecule has 0 aliphatic rings. The van der Waals surface area contributed by atoms with Gasteiger partial charge in [0.15, 0.2) is 0 Å². The number of aryl methyl sites for hydroxylation is 1. The smallest absolute Gasteiger partial charge is 0.343 e. The van der Waals surface area contributed by atoms with Gasteiger partial charge in [-0.3, -0.25) is 4.99 Å². The number of esters is 2. The highest BCUT2D eigenvalue weighted by molar-refractivity contribution is 6.03. The van der Waals surface area contributed by atoms with Gasteiger partial charge in [-0.25, -0.2) is 14.6 Å². The molecule has 4 aromatic rings. The number of hydrogen-bond acceptors (Lipinski definition) is 6. The standard InChI is InChI=1S/C28H25N3O4/c1-21(30-15-8-17-31-18-16-29-20-31)25-14-13-24(34-27(32)22-9-4-2-5-10-22)19-26(25)35-28(33)23-11-6-3-7-12-23/h2-7,9-14,16,18-20H,8,15,17H2,1H3/b30-21+. The van der Waals surface area contributed by atoms with E-state index in [0.29, 0.717) is 28.9 Å². The fourth-order valence-corrected chi connectivity index (χ4v) is 3.43. The Morgan fingerprint density at radius 3 is 2.17 bits per heavy atom. The van der Waals surface area contributed by atoms with Gasteiger partial charge in [-0.15, -0.1) is 0 Å². The van der Waals surface area contributed by atoms with Crippen molar-refractivity contribution in [1.82, 2.24) is 9.55 Å². The van der Waals surface area contributed by atoms with Crippen LogP contribution in [0, 0.1) is 0 Å². The summed E-state index contributed by atoms with van der Waals surface area (Å²) < 4.78 is 13.2. The van der Waals surface area contributed by atoms with Crippen LogP contribution in [0.1, 0.15) is 39.6 Å². The zero-order valence-corrected chi connectivity index (χ0v) is 19.3. The highest BCUT2D eigenvalue weighted by Crippen LogP contribution is 2.27. The summed E-state index contributed by atoms with van der Waals surface area (Å²) in [6.07, 6.45) is 6.26. The van der Waals surface area contributed by atoms with Crippen LogP contribution < -0.4 is 9.47 Å². The molecule has 0 aliphatic heterocycles. The van der Waals surface area contributed by atoms with Gasteiger partial charge in [-0.1, -0.05) is 36.4 Å². The molecule has 0 amide bonds. The van der Waals surface area contributed by atoms with Crippen LogP contribution in [-0.4, -0.2) is 33.7 Å². The van der Waals surface area contributed by atoms with Gasteiger partial charge in [0.1, 0.15) is 11.5 Å². The minimum Gasteiger partial charge on any atom is -0.423 e. The summed E-state index contributed by atoms with van der Waals surface area (Å²) in [5, 5.41) is 0. The van der Waals surface area contributed by atoms with Gasteiger partial charge in [-0.2, -0.15) is 0 Å². The minimum absolute atomic E-state index is 0.270. The van der Waals surface area contributed by atoms with Crippen molar-refractivity contribution < 1.29 is 19.1 Å². The van der Waals surface area contributed by atoms with Crippen molar-refractivity contribution in [2.24, 2.45) is 4.99 Å². The summed E-state index contributed by atoms with van der Waals surface area (Å²) in [6, 6.07) is 22.4. The summed E-state index contributed by atoms with van der Waals surface area (Å²) in [6.45, 7) is 3.27. The Labute approximate surface area is 203 Å². The number of rotatable bonds is 9. The van der Waals surface area contributed by atoms with E-state index >= 15 is 0 Å². The number of hydrogen-bond donors (Lipinski definition) is 0. The molecule has 3 aromatic carbocycles. The molecule has 0 saturated carbocycles. The Balaban J connectivity index is 1.54. The predicted molar refractivity (Wildman–Crippen MR) is 133 cm³/mol. The minimum atomic E-state index is -0.508. The first-order valence-corrected chi connectivity index (χ1v) is 11.3. The van der Waals surface area contributed by atoms with Gasteiger partial charge in [-0.05, 0) is 49.7 Å². The van der Waals surface area contributed by atoms with Crippen molar-refractivity contribution in [2.45, 2.75) is 19.9 Å². The highest BCUT2D eigenvalue weighted by atomic mass is 16.5. The van der Waals surface area contributed by atoms with Gasteiger partial charge < -0.3 is 14.0 Å². The second kappa shape index (κ2) is 11.6. The summed E-state index contributed by atoms with van der Waals surface area (Å²) in [7, 11) is 0. The molecule has 0 saturated heterocycles. The molecule has 0 unspecified atom stereocenters. The first-order valence-electron chi connectivity index (χ1n) is 11.3. The topological polar surface area (TPSA) is 82.8 Å². The van der Waals surface area contributed by atoms with E-state index in [-0.39, 0.29) is 11.5 Å². The third-order valence-electron chi connectivity index (χ3n) is 5.26. The summed E-state index contributed by atoms with van der Waals surface area (Å²) in [5.74, 6) is -0.464. The second-order valence-corrected chi connectivity index (χ2v) is 7.79. The van der Waals surface area contributed by atoms with Crippen LogP contribution in [0.15, 0.2) is 103 Å². The Kier molecular flexibility index (Phi) is 7.81. The Bertz CT molecular complexity index is 1300. The molecule has 0 atom stereocenters. The molecule has 4 rings (SSSR count). The van der Waals surface area contributed by atoms with E-state index < -0.39 is 11.9 Å². The van der Waals surface area contributed by atoms with Crippen molar-refractivity contribution in [3.63, 3.8) is 0 Å². The number of imidazole rings is 1.